The van der Waals surface area contributed by atoms with Crippen LogP contribution in [0, 0.1) is 34.0 Å². The van der Waals surface area contributed by atoms with E-state index >= 15 is 0 Å². The van der Waals surface area contributed by atoms with E-state index in [-0.39, 0.29) is 34.9 Å². The largest absolute Gasteiger partial charge is 0.396 e. The highest BCUT2D eigenvalue weighted by molar-refractivity contribution is 5.84. The second kappa shape index (κ2) is 4.57. The first-order valence-corrected chi connectivity index (χ1v) is 9.17. The van der Waals surface area contributed by atoms with Gasteiger partial charge in [0.2, 0.25) is 0 Å². The van der Waals surface area contributed by atoms with Gasteiger partial charge >= 0.3 is 0 Å². The second-order valence-corrected chi connectivity index (χ2v) is 9.38. The Morgan fingerprint density at radius 3 is 2.68 bits per heavy atom. The summed E-state index contributed by atoms with van der Waals surface area (Å²) in [6.45, 7) is 4.85. The first-order valence-electron chi connectivity index (χ1n) is 9.17. The van der Waals surface area contributed by atoms with E-state index in [1.54, 1.807) is 0 Å². The molecule has 0 aromatic carbocycles. The molecule has 1 spiro atoms. The SMILES string of the molecule is C[C@]1(CO)CCC[C@]2(C)[C@@H]1C[C@@H](O)[C@]13CC(=O)[C@H](CC[C@@H]21)C3. The number of carbonyl (C=O) groups is 1. The molecule has 2 N–H and O–H groups in total. The minimum Gasteiger partial charge on any atom is -0.396 e. The van der Waals surface area contributed by atoms with Gasteiger partial charge in [0.05, 0.1) is 6.10 Å². The maximum Gasteiger partial charge on any atom is 0.136 e. The molecule has 2 bridgehead atoms. The number of ketones is 1. The van der Waals surface area contributed by atoms with Crippen LogP contribution >= 0.6 is 0 Å². The summed E-state index contributed by atoms with van der Waals surface area (Å²) in [5, 5.41) is 21.1. The van der Waals surface area contributed by atoms with Gasteiger partial charge < -0.3 is 10.2 Å². The van der Waals surface area contributed by atoms with Gasteiger partial charge in [-0.3, -0.25) is 4.79 Å². The lowest BCUT2D eigenvalue weighted by Crippen LogP contribution is -2.62. The molecule has 0 amide bonds. The van der Waals surface area contributed by atoms with Crippen molar-refractivity contribution in [1.29, 1.82) is 0 Å². The van der Waals surface area contributed by atoms with E-state index in [4.69, 9.17) is 0 Å². The predicted octanol–water partition coefficient (Wildman–Crippen LogP) is 2.93. The number of hydrogen-bond donors (Lipinski definition) is 2. The average Bonchev–Trinajstić information content (AvgIpc) is 2.73. The molecule has 4 fully saturated rings. The van der Waals surface area contributed by atoms with Crippen LogP contribution in [0.2, 0.25) is 0 Å². The summed E-state index contributed by atoms with van der Waals surface area (Å²) in [4.78, 5) is 12.3. The Bertz CT molecular complexity index is 503. The topological polar surface area (TPSA) is 57.5 Å². The Morgan fingerprint density at radius 1 is 1.18 bits per heavy atom. The summed E-state index contributed by atoms with van der Waals surface area (Å²) >= 11 is 0. The molecule has 0 unspecified atom stereocenters. The zero-order chi connectivity index (χ0) is 15.8. The van der Waals surface area contributed by atoms with Crippen LogP contribution in [0.25, 0.3) is 0 Å². The minimum absolute atomic E-state index is 0.0605. The summed E-state index contributed by atoms with van der Waals surface area (Å²) in [5.74, 6) is 1.47. The van der Waals surface area contributed by atoms with Gasteiger partial charge in [-0.15, -0.1) is 0 Å². The van der Waals surface area contributed by atoms with Crippen molar-refractivity contribution in [2.24, 2.45) is 34.0 Å². The molecule has 4 saturated carbocycles. The molecule has 124 valence electrons. The summed E-state index contributed by atoms with van der Waals surface area (Å²) in [6.07, 6.45) is 7.53. The lowest BCUT2D eigenvalue weighted by atomic mass is 9.40. The summed E-state index contributed by atoms with van der Waals surface area (Å²) < 4.78 is 0. The average molecular weight is 306 g/mol. The highest BCUT2D eigenvalue weighted by atomic mass is 16.3. The smallest absolute Gasteiger partial charge is 0.136 e. The molecular formula is C19H30O3. The fraction of sp³-hybridized carbons (Fsp3) is 0.947. The number of hydrogen-bond acceptors (Lipinski definition) is 3. The molecule has 7 atom stereocenters. The van der Waals surface area contributed by atoms with Gasteiger partial charge in [-0.2, -0.15) is 0 Å². The molecule has 0 aromatic rings. The van der Waals surface area contributed by atoms with E-state index in [1.807, 2.05) is 0 Å². The van der Waals surface area contributed by atoms with Crippen molar-refractivity contribution >= 4 is 5.78 Å². The molecule has 0 radical (unpaired) electrons. The van der Waals surface area contributed by atoms with Gasteiger partial charge in [0.15, 0.2) is 0 Å². The van der Waals surface area contributed by atoms with E-state index in [2.05, 4.69) is 13.8 Å². The van der Waals surface area contributed by atoms with Gasteiger partial charge in [-0.25, -0.2) is 0 Å². The molecule has 3 nitrogen and oxygen atoms in total. The summed E-state index contributed by atoms with van der Waals surface area (Å²) in [7, 11) is 0. The Balaban J connectivity index is 1.78. The van der Waals surface area contributed by atoms with Gasteiger partial charge in [0.25, 0.3) is 0 Å². The third-order valence-corrected chi connectivity index (χ3v) is 8.46. The second-order valence-electron chi connectivity index (χ2n) is 9.38. The summed E-state index contributed by atoms with van der Waals surface area (Å²) in [6, 6.07) is 0. The van der Waals surface area contributed by atoms with Crippen molar-refractivity contribution < 1.29 is 15.0 Å². The Kier molecular flexibility index (Phi) is 3.14. The van der Waals surface area contributed by atoms with Crippen LogP contribution in [0.4, 0.5) is 0 Å². The van der Waals surface area contributed by atoms with E-state index in [0.29, 0.717) is 24.0 Å². The van der Waals surface area contributed by atoms with Gasteiger partial charge in [0, 0.05) is 24.4 Å². The molecule has 4 aliphatic carbocycles. The zero-order valence-electron chi connectivity index (χ0n) is 14.0. The minimum atomic E-state index is -0.353. The third kappa shape index (κ3) is 1.67. The van der Waals surface area contributed by atoms with Crippen LogP contribution in [0.15, 0.2) is 0 Å². The molecule has 4 rings (SSSR count). The van der Waals surface area contributed by atoms with Crippen molar-refractivity contribution in [3.63, 3.8) is 0 Å². The van der Waals surface area contributed by atoms with Crippen molar-refractivity contribution in [3.05, 3.63) is 0 Å². The van der Waals surface area contributed by atoms with Gasteiger partial charge in [-0.05, 0) is 61.2 Å². The van der Waals surface area contributed by atoms with E-state index in [1.165, 1.54) is 12.8 Å². The zero-order valence-corrected chi connectivity index (χ0v) is 14.0. The molecule has 22 heavy (non-hydrogen) atoms. The van der Waals surface area contributed by atoms with Crippen molar-refractivity contribution in [2.45, 2.75) is 71.3 Å². The monoisotopic (exact) mass is 306 g/mol. The Hall–Kier alpha value is -0.410. The van der Waals surface area contributed by atoms with Gasteiger partial charge in [0.1, 0.15) is 5.78 Å². The number of Topliss-reactive ketones (excluding diaryl/α,β-unsaturated/α-hetero) is 1. The Morgan fingerprint density at radius 2 is 1.95 bits per heavy atom. The van der Waals surface area contributed by atoms with Crippen LogP contribution in [-0.4, -0.2) is 28.7 Å². The van der Waals surface area contributed by atoms with Gasteiger partial charge in [-0.1, -0.05) is 20.3 Å². The number of rotatable bonds is 1. The summed E-state index contributed by atoms with van der Waals surface area (Å²) in [5.41, 5.74) is -0.0153. The maximum atomic E-state index is 12.3. The lowest BCUT2D eigenvalue weighted by molar-refractivity contribution is -0.205. The molecule has 0 saturated heterocycles. The predicted molar refractivity (Wildman–Crippen MR) is 84.2 cm³/mol. The highest BCUT2D eigenvalue weighted by Crippen LogP contribution is 2.70. The number of aliphatic hydroxyl groups is 2. The van der Waals surface area contributed by atoms with Crippen molar-refractivity contribution in [2.75, 3.05) is 6.61 Å². The molecule has 0 aromatic heterocycles. The van der Waals surface area contributed by atoms with Crippen molar-refractivity contribution in [3.8, 4) is 0 Å². The first kappa shape index (κ1) is 15.1. The fourth-order valence-electron chi connectivity index (χ4n) is 7.41. The number of fused-ring (bicyclic) bond motifs is 3. The Labute approximate surface area is 133 Å². The molecule has 0 heterocycles. The van der Waals surface area contributed by atoms with Crippen LogP contribution < -0.4 is 0 Å². The normalized spacial score (nSPS) is 57.4. The van der Waals surface area contributed by atoms with Crippen LogP contribution in [-0.2, 0) is 4.79 Å². The highest BCUT2D eigenvalue weighted by Gasteiger charge is 2.67. The number of aliphatic hydroxyl groups excluding tert-OH is 2. The van der Waals surface area contributed by atoms with E-state index in [9.17, 15) is 15.0 Å². The lowest BCUT2D eigenvalue weighted by Gasteiger charge is -2.65. The quantitative estimate of drug-likeness (QED) is 0.783. The number of carbonyl (C=O) groups excluding carboxylic acids is 1. The first-order chi connectivity index (χ1) is 10.4. The standard InChI is InChI=1S/C19H30O3/c1-17(11-20)6-3-7-18(2)14-5-4-12-9-19(14,10-13(12)21)16(22)8-15(17)18/h12,14-16,20,22H,3-11H2,1-2H3/t12-,14+,15-,16-,17-,18+,19-/m1/s1. The third-order valence-electron chi connectivity index (χ3n) is 8.46. The van der Waals surface area contributed by atoms with E-state index in [0.717, 1.165) is 32.1 Å². The van der Waals surface area contributed by atoms with E-state index < -0.39 is 0 Å². The molecule has 4 aliphatic rings. The molecular weight excluding hydrogens is 276 g/mol. The fourth-order valence-corrected chi connectivity index (χ4v) is 7.41. The molecule has 3 heteroatoms. The maximum absolute atomic E-state index is 12.3. The van der Waals surface area contributed by atoms with Crippen LogP contribution in [0.5, 0.6) is 0 Å². The van der Waals surface area contributed by atoms with Crippen LogP contribution in [0.1, 0.15) is 65.2 Å². The molecule has 0 aliphatic heterocycles. The van der Waals surface area contributed by atoms with Crippen molar-refractivity contribution in [1.82, 2.24) is 0 Å². The van der Waals surface area contributed by atoms with Crippen LogP contribution in [0.3, 0.4) is 0 Å².